The summed E-state index contributed by atoms with van der Waals surface area (Å²) in [6.45, 7) is 6.12. The number of nitrogens with zero attached hydrogens (tertiary/aromatic N) is 1. The molecule has 1 fully saturated rings. The Kier molecular flexibility index (Phi) is 6.46. The van der Waals surface area contributed by atoms with Gasteiger partial charge < -0.3 is 11.1 Å². The molecule has 1 aliphatic rings. The standard InChI is InChI=1S/C15H19ClFN3.HI/c1-10(2)9-19-14(18)20-13-7-15(17,8-13)11-4-3-5-12(16)6-11;/h3-6,13H,1,7-9H2,2H3,(H3,18,19,20);1H. The minimum absolute atomic E-state index is 0. The van der Waals surface area contributed by atoms with Crippen LogP contribution in [-0.4, -0.2) is 18.5 Å². The topological polar surface area (TPSA) is 50.4 Å². The van der Waals surface area contributed by atoms with E-state index < -0.39 is 5.67 Å². The van der Waals surface area contributed by atoms with Crippen LogP contribution in [0, 0.1) is 0 Å². The van der Waals surface area contributed by atoms with Gasteiger partial charge >= 0.3 is 0 Å². The third-order valence-electron chi connectivity index (χ3n) is 3.35. The van der Waals surface area contributed by atoms with E-state index >= 15 is 0 Å². The van der Waals surface area contributed by atoms with Crippen molar-refractivity contribution in [3.05, 3.63) is 47.0 Å². The zero-order valence-electron chi connectivity index (χ0n) is 11.9. The first-order valence-electron chi connectivity index (χ1n) is 6.55. The second kappa shape index (κ2) is 7.45. The molecule has 2 rings (SSSR count). The second-order valence-electron chi connectivity index (χ2n) is 5.38. The number of benzene rings is 1. The van der Waals surface area contributed by atoms with Gasteiger partial charge in [0.15, 0.2) is 5.96 Å². The van der Waals surface area contributed by atoms with Crippen LogP contribution in [0.15, 0.2) is 41.4 Å². The van der Waals surface area contributed by atoms with Gasteiger partial charge in [-0.3, -0.25) is 0 Å². The molecule has 0 unspecified atom stereocenters. The van der Waals surface area contributed by atoms with Gasteiger partial charge in [-0.05, 0) is 24.6 Å². The molecule has 0 heterocycles. The summed E-state index contributed by atoms with van der Waals surface area (Å²) in [5, 5.41) is 3.58. The Balaban J connectivity index is 0.00000220. The number of aliphatic imine (C=N–C) groups is 1. The predicted molar refractivity (Wildman–Crippen MR) is 97.1 cm³/mol. The SMILES string of the molecule is C=C(C)CN=C(N)NC1CC(F)(c2cccc(Cl)c2)C1.I. The van der Waals surface area contributed by atoms with Crippen LogP contribution in [0.1, 0.15) is 25.3 Å². The van der Waals surface area contributed by atoms with E-state index in [1.807, 2.05) is 6.92 Å². The number of guanidine groups is 1. The maximum absolute atomic E-state index is 14.6. The van der Waals surface area contributed by atoms with Gasteiger partial charge in [-0.2, -0.15) is 0 Å². The minimum atomic E-state index is -1.32. The van der Waals surface area contributed by atoms with Gasteiger partial charge in [0.2, 0.25) is 0 Å². The summed E-state index contributed by atoms with van der Waals surface area (Å²) >= 11 is 5.89. The van der Waals surface area contributed by atoms with Crippen LogP contribution >= 0.6 is 35.6 Å². The molecule has 1 aliphatic carbocycles. The Labute approximate surface area is 146 Å². The normalized spacial score (nSPS) is 24.7. The highest BCUT2D eigenvalue weighted by molar-refractivity contribution is 14.0. The maximum atomic E-state index is 14.6. The number of hydrogen-bond acceptors (Lipinski definition) is 1. The highest BCUT2D eigenvalue weighted by atomic mass is 127. The predicted octanol–water partition coefficient (Wildman–Crippen LogP) is 3.77. The molecular weight excluding hydrogens is 404 g/mol. The zero-order valence-corrected chi connectivity index (χ0v) is 15.0. The summed E-state index contributed by atoms with van der Waals surface area (Å²) in [6.07, 6.45) is 0.743. The monoisotopic (exact) mass is 423 g/mol. The average molecular weight is 424 g/mol. The Morgan fingerprint density at radius 2 is 2.24 bits per heavy atom. The van der Waals surface area contributed by atoms with E-state index in [2.05, 4.69) is 16.9 Å². The number of nitrogens with one attached hydrogen (secondary N) is 1. The molecule has 6 heteroatoms. The average Bonchev–Trinajstić information content (AvgIpc) is 2.34. The summed E-state index contributed by atoms with van der Waals surface area (Å²) in [4.78, 5) is 4.12. The molecule has 0 spiro atoms. The number of halogens is 3. The van der Waals surface area contributed by atoms with E-state index in [9.17, 15) is 4.39 Å². The molecule has 1 saturated carbocycles. The third-order valence-corrected chi connectivity index (χ3v) is 3.59. The number of rotatable bonds is 4. The Morgan fingerprint density at radius 3 is 2.81 bits per heavy atom. The summed E-state index contributed by atoms with van der Waals surface area (Å²) in [5.41, 5.74) is 5.97. The van der Waals surface area contributed by atoms with Gasteiger partial charge in [-0.15, -0.1) is 24.0 Å². The molecule has 0 amide bonds. The van der Waals surface area contributed by atoms with Gasteiger partial charge in [-0.25, -0.2) is 9.38 Å². The summed E-state index contributed by atoms with van der Waals surface area (Å²) < 4.78 is 14.6. The first-order chi connectivity index (χ1) is 9.39. The van der Waals surface area contributed by atoms with Gasteiger partial charge in [0.05, 0.1) is 6.54 Å². The molecule has 1 aromatic rings. The van der Waals surface area contributed by atoms with Crippen molar-refractivity contribution in [1.29, 1.82) is 0 Å². The maximum Gasteiger partial charge on any atom is 0.189 e. The first kappa shape index (κ1) is 18.2. The summed E-state index contributed by atoms with van der Waals surface area (Å²) in [7, 11) is 0. The van der Waals surface area contributed by atoms with Crippen molar-refractivity contribution in [2.45, 2.75) is 31.5 Å². The second-order valence-corrected chi connectivity index (χ2v) is 5.82. The van der Waals surface area contributed by atoms with Gasteiger partial charge in [-0.1, -0.05) is 35.9 Å². The van der Waals surface area contributed by atoms with E-state index in [-0.39, 0.29) is 30.0 Å². The molecule has 3 nitrogen and oxygen atoms in total. The zero-order chi connectivity index (χ0) is 14.8. The van der Waals surface area contributed by atoms with E-state index in [0.29, 0.717) is 35.9 Å². The lowest BCUT2D eigenvalue weighted by Crippen LogP contribution is -2.53. The third kappa shape index (κ3) is 4.85. The van der Waals surface area contributed by atoms with E-state index in [4.69, 9.17) is 17.3 Å². The fourth-order valence-electron chi connectivity index (χ4n) is 2.30. The van der Waals surface area contributed by atoms with E-state index in [1.54, 1.807) is 24.3 Å². The molecular formula is C15H20ClFIN3. The molecule has 116 valence electrons. The molecule has 3 N–H and O–H groups in total. The van der Waals surface area contributed by atoms with Crippen molar-refractivity contribution >= 4 is 41.5 Å². The lowest BCUT2D eigenvalue weighted by molar-refractivity contribution is 0.0327. The first-order valence-corrected chi connectivity index (χ1v) is 6.93. The van der Waals surface area contributed by atoms with Crippen LogP contribution in [0.4, 0.5) is 4.39 Å². The number of alkyl halides is 1. The van der Waals surface area contributed by atoms with Gasteiger partial charge in [0.25, 0.3) is 0 Å². The van der Waals surface area contributed by atoms with Crippen LogP contribution in [0.25, 0.3) is 0 Å². The van der Waals surface area contributed by atoms with Gasteiger partial charge in [0.1, 0.15) is 5.67 Å². The largest absolute Gasteiger partial charge is 0.370 e. The summed E-state index contributed by atoms with van der Waals surface area (Å²) in [5.74, 6) is 0.339. The van der Waals surface area contributed by atoms with Crippen LogP contribution in [0.2, 0.25) is 5.02 Å². The molecule has 0 saturated heterocycles. The molecule has 1 aromatic carbocycles. The van der Waals surface area contributed by atoms with Crippen LogP contribution in [0.5, 0.6) is 0 Å². The Morgan fingerprint density at radius 1 is 1.57 bits per heavy atom. The quantitative estimate of drug-likeness (QED) is 0.335. The molecule has 0 aliphatic heterocycles. The van der Waals surface area contributed by atoms with Crippen LogP contribution in [0.3, 0.4) is 0 Å². The molecule has 21 heavy (non-hydrogen) atoms. The summed E-state index contributed by atoms with van der Waals surface area (Å²) in [6, 6.07) is 6.96. The van der Waals surface area contributed by atoms with Crippen molar-refractivity contribution in [3.63, 3.8) is 0 Å². The fourth-order valence-corrected chi connectivity index (χ4v) is 2.49. The van der Waals surface area contributed by atoms with Crippen LogP contribution < -0.4 is 11.1 Å². The lowest BCUT2D eigenvalue weighted by Gasteiger charge is -2.42. The number of nitrogens with two attached hydrogens (primary N) is 1. The van der Waals surface area contributed by atoms with E-state index in [1.165, 1.54) is 0 Å². The van der Waals surface area contributed by atoms with E-state index in [0.717, 1.165) is 5.57 Å². The van der Waals surface area contributed by atoms with Crippen molar-refractivity contribution < 1.29 is 4.39 Å². The van der Waals surface area contributed by atoms with Crippen molar-refractivity contribution in [2.24, 2.45) is 10.7 Å². The van der Waals surface area contributed by atoms with Crippen LogP contribution in [-0.2, 0) is 5.67 Å². The fraction of sp³-hybridized carbons (Fsp3) is 0.400. The molecule has 0 radical (unpaired) electrons. The highest BCUT2D eigenvalue weighted by Crippen LogP contribution is 2.45. The number of hydrogen-bond donors (Lipinski definition) is 2. The lowest BCUT2D eigenvalue weighted by atomic mass is 9.73. The van der Waals surface area contributed by atoms with Crippen molar-refractivity contribution in [1.82, 2.24) is 5.32 Å². The Bertz CT molecular complexity index is 541. The van der Waals surface area contributed by atoms with Crippen molar-refractivity contribution in [3.8, 4) is 0 Å². The minimum Gasteiger partial charge on any atom is -0.370 e. The molecule has 0 bridgehead atoms. The Hall–Kier alpha value is -0.820. The molecule has 0 atom stereocenters. The smallest absolute Gasteiger partial charge is 0.189 e. The van der Waals surface area contributed by atoms with Crippen molar-refractivity contribution in [2.75, 3.05) is 6.54 Å². The molecule has 0 aromatic heterocycles. The highest BCUT2D eigenvalue weighted by Gasteiger charge is 2.46. The van der Waals surface area contributed by atoms with Gasteiger partial charge in [0, 0.05) is 23.9 Å².